The highest BCUT2D eigenvalue weighted by molar-refractivity contribution is 5.62. The van der Waals surface area contributed by atoms with Crippen LogP contribution in [0.2, 0.25) is 0 Å². The first kappa shape index (κ1) is 18.6. The molecule has 2 aromatic heterocycles. The van der Waals surface area contributed by atoms with Crippen LogP contribution < -0.4 is 15.4 Å². The molecule has 0 aliphatic carbocycles. The third kappa shape index (κ3) is 4.50. The number of rotatable bonds is 7. The zero-order valence-corrected chi connectivity index (χ0v) is 16.2. The number of methoxy groups -OCH3 is 1. The van der Waals surface area contributed by atoms with Crippen LogP contribution in [0.3, 0.4) is 0 Å². The summed E-state index contributed by atoms with van der Waals surface area (Å²) in [5.74, 6) is 1.94. The van der Waals surface area contributed by atoms with Gasteiger partial charge in [0.2, 0.25) is 5.95 Å². The highest BCUT2D eigenvalue weighted by Gasteiger charge is 2.12. The predicted octanol–water partition coefficient (Wildman–Crippen LogP) is 2.22. The minimum Gasteiger partial charge on any atom is -0.494 e. The normalized spacial score (nSPS) is 10.9. The molecule has 0 amide bonds. The van der Waals surface area contributed by atoms with Gasteiger partial charge >= 0.3 is 0 Å². The molecule has 0 radical (unpaired) electrons. The standard InChI is InChI=1S/C18H24N8O/c1-12-8-17(19-2)23-18(21-12)22-13-6-7-16(27-5)15(9-13)26-20-10-14(24-26)11-25(3)4/h6-10H,11H2,1-5H3,(H2,19,21,22,23). The molecule has 2 heterocycles. The SMILES string of the molecule is CNc1cc(C)nc(Nc2ccc(OC)c(-n3ncc(CN(C)C)n3)c2)n1. The Hall–Kier alpha value is -3.20. The number of nitrogens with zero attached hydrogens (tertiary/aromatic N) is 6. The Bertz CT molecular complexity index is 921. The van der Waals surface area contributed by atoms with Gasteiger partial charge in [-0.25, -0.2) is 4.98 Å². The van der Waals surface area contributed by atoms with E-state index < -0.39 is 0 Å². The van der Waals surface area contributed by atoms with Gasteiger partial charge in [0, 0.05) is 31.0 Å². The molecule has 0 spiro atoms. The van der Waals surface area contributed by atoms with Gasteiger partial charge in [0.1, 0.15) is 17.3 Å². The number of aryl methyl sites for hydroxylation is 1. The van der Waals surface area contributed by atoms with Crippen LogP contribution in [0.15, 0.2) is 30.5 Å². The molecule has 3 aromatic rings. The highest BCUT2D eigenvalue weighted by Crippen LogP contribution is 2.27. The quantitative estimate of drug-likeness (QED) is 0.656. The van der Waals surface area contributed by atoms with E-state index in [2.05, 4.69) is 30.8 Å². The Kier molecular flexibility index (Phi) is 5.51. The molecule has 0 aliphatic rings. The summed E-state index contributed by atoms with van der Waals surface area (Å²) in [6.45, 7) is 2.64. The molecule has 0 unspecified atom stereocenters. The first-order chi connectivity index (χ1) is 13.0. The number of anilines is 3. The summed E-state index contributed by atoms with van der Waals surface area (Å²) >= 11 is 0. The van der Waals surface area contributed by atoms with E-state index in [1.807, 2.05) is 57.2 Å². The lowest BCUT2D eigenvalue weighted by Gasteiger charge is -2.12. The number of hydrogen-bond donors (Lipinski definition) is 2. The van der Waals surface area contributed by atoms with Crippen LogP contribution >= 0.6 is 0 Å². The van der Waals surface area contributed by atoms with Crippen molar-refractivity contribution in [1.82, 2.24) is 29.9 Å². The maximum atomic E-state index is 5.47. The fourth-order valence-corrected chi connectivity index (χ4v) is 2.61. The molecule has 0 saturated carbocycles. The van der Waals surface area contributed by atoms with Gasteiger partial charge in [-0.1, -0.05) is 0 Å². The van der Waals surface area contributed by atoms with E-state index >= 15 is 0 Å². The van der Waals surface area contributed by atoms with Gasteiger partial charge in [0.05, 0.1) is 19.0 Å². The minimum absolute atomic E-state index is 0.511. The summed E-state index contributed by atoms with van der Waals surface area (Å²) in [5.41, 5.74) is 3.28. The van der Waals surface area contributed by atoms with Crippen LogP contribution in [-0.2, 0) is 6.54 Å². The van der Waals surface area contributed by atoms with Crippen molar-refractivity contribution in [2.24, 2.45) is 0 Å². The third-order valence-electron chi connectivity index (χ3n) is 3.78. The molecule has 9 nitrogen and oxygen atoms in total. The topological polar surface area (TPSA) is 93.0 Å². The predicted molar refractivity (Wildman–Crippen MR) is 105 cm³/mol. The third-order valence-corrected chi connectivity index (χ3v) is 3.78. The van der Waals surface area contributed by atoms with Crippen molar-refractivity contribution in [2.45, 2.75) is 13.5 Å². The van der Waals surface area contributed by atoms with Gasteiger partial charge in [0.25, 0.3) is 0 Å². The molecule has 0 atom stereocenters. The second-order valence-corrected chi connectivity index (χ2v) is 6.34. The Morgan fingerprint density at radius 1 is 1.19 bits per heavy atom. The zero-order chi connectivity index (χ0) is 19.4. The van der Waals surface area contributed by atoms with Gasteiger partial charge in [-0.2, -0.15) is 15.2 Å². The van der Waals surface area contributed by atoms with E-state index in [4.69, 9.17) is 4.74 Å². The Balaban J connectivity index is 1.92. The molecule has 0 aliphatic heterocycles. The first-order valence-electron chi connectivity index (χ1n) is 8.53. The molecule has 2 N–H and O–H groups in total. The molecule has 27 heavy (non-hydrogen) atoms. The van der Waals surface area contributed by atoms with Crippen molar-refractivity contribution >= 4 is 17.5 Å². The number of ether oxygens (including phenoxy) is 1. The van der Waals surface area contributed by atoms with Gasteiger partial charge in [0.15, 0.2) is 0 Å². The summed E-state index contributed by atoms with van der Waals surface area (Å²) in [6.07, 6.45) is 1.75. The van der Waals surface area contributed by atoms with Crippen molar-refractivity contribution < 1.29 is 4.74 Å². The number of aromatic nitrogens is 5. The zero-order valence-electron chi connectivity index (χ0n) is 16.2. The summed E-state index contributed by atoms with van der Waals surface area (Å²) in [5, 5.41) is 15.2. The van der Waals surface area contributed by atoms with E-state index in [-0.39, 0.29) is 0 Å². The second kappa shape index (κ2) is 8.00. The average molecular weight is 368 g/mol. The Morgan fingerprint density at radius 3 is 2.70 bits per heavy atom. The van der Waals surface area contributed by atoms with E-state index in [0.29, 0.717) is 18.2 Å². The van der Waals surface area contributed by atoms with Crippen LogP contribution in [0.1, 0.15) is 11.4 Å². The summed E-state index contributed by atoms with van der Waals surface area (Å²) in [4.78, 5) is 12.5. The average Bonchev–Trinajstić information content (AvgIpc) is 3.08. The monoisotopic (exact) mass is 368 g/mol. The second-order valence-electron chi connectivity index (χ2n) is 6.34. The van der Waals surface area contributed by atoms with Crippen molar-refractivity contribution in [2.75, 3.05) is 38.9 Å². The maximum absolute atomic E-state index is 5.47. The van der Waals surface area contributed by atoms with Crippen LogP contribution in [0.5, 0.6) is 5.75 Å². The van der Waals surface area contributed by atoms with E-state index in [1.165, 1.54) is 0 Å². The summed E-state index contributed by atoms with van der Waals surface area (Å²) < 4.78 is 5.47. The molecular formula is C18H24N8O. The lowest BCUT2D eigenvalue weighted by atomic mass is 10.2. The Labute approximate surface area is 158 Å². The molecule has 1 aromatic carbocycles. The highest BCUT2D eigenvalue weighted by atomic mass is 16.5. The fourth-order valence-electron chi connectivity index (χ4n) is 2.61. The molecule has 142 valence electrons. The molecule has 3 rings (SSSR count). The molecule has 0 saturated heterocycles. The number of benzene rings is 1. The fraction of sp³-hybridized carbons (Fsp3) is 0.333. The summed E-state index contributed by atoms with van der Waals surface area (Å²) in [6, 6.07) is 7.55. The maximum Gasteiger partial charge on any atom is 0.229 e. The van der Waals surface area contributed by atoms with Gasteiger partial charge in [-0.05, 0) is 39.2 Å². The lowest BCUT2D eigenvalue weighted by Crippen LogP contribution is -2.11. The van der Waals surface area contributed by atoms with Gasteiger partial charge < -0.3 is 20.3 Å². The van der Waals surface area contributed by atoms with E-state index in [0.717, 1.165) is 28.6 Å². The smallest absolute Gasteiger partial charge is 0.229 e. The molecule has 9 heteroatoms. The van der Waals surface area contributed by atoms with Crippen molar-refractivity contribution in [3.05, 3.63) is 41.9 Å². The lowest BCUT2D eigenvalue weighted by molar-refractivity contribution is 0.394. The van der Waals surface area contributed by atoms with E-state index in [9.17, 15) is 0 Å². The number of nitrogens with one attached hydrogen (secondary N) is 2. The largest absolute Gasteiger partial charge is 0.494 e. The number of hydrogen-bond acceptors (Lipinski definition) is 8. The minimum atomic E-state index is 0.511. The van der Waals surface area contributed by atoms with Crippen LogP contribution in [0.25, 0.3) is 5.69 Å². The van der Waals surface area contributed by atoms with E-state index in [1.54, 1.807) is 18.1 Å². The Morgan fingerprint density at radius 2 is 2.00 bits per heavy atom. The van der Waals surface area contributed by atoms with Crippen molar-refractivity contribution in [1.29, 1.82) is 0 Å². The molecule has 0 bridgehead atoms. The molecule has 0 fully saturated rings. The van der Waals surface area contributed by atoms with Gasteiger partial charge in [-0.15, -0.1) is 4.80 Å². The van der Waals surface area contributed by atoms with Crippen LogP contribution in [0, 0.1) is 6.92 Å². The first-order valence-corrected chi connectivity index (χ1v) is 8.53. The summed E-state index contributed by atoms with van der Waals surface area (Å²) in [7, 11) is 7.43. The van der Waals surface area contributed by atoms with Crippen molar-refractivity contribution in [3.8, 4) is 11.4 Å². The van der Waals surface area contributed by atoms with Gasteiger partial charge in [-0.3, -0.25) is 0 Å². The molecular weight excluding hydrogens is 344 g/mol. The van der Waals surface area contributed by atoms with Crippen molar-refractivity contribution in [3.63, 3.8) is 0 Å². The van der Waals surface area contributed by atoms with Crippen LogP contribution in [-0.4, -0.2) is 58.1 Å². The van der Waals surface area contributed by atoms with Crippen LogP contribution in [0.4, 0.5) is 17.5 Å².